The van der Waals surface area contributed by atoms with Gasteiger partial charge in [0.15, 0.2) is 0 Å². The summed E-state index contributed by atoms with van der Waals surface area (Å²) < 4.78 is 7.28. The maximum Gasteiger partial charge on any atom is 0.410 e. The number of rotatable bonds is 3. The topological polar surface area (TPSA) is 84.7 Å². The number of hydrogen-bond acceptors (Lipinski definition) is 4. The molecule has 1 aromatic heterocycles. The number of carboxylic acids is 1. The van der Waals surface area contributed by atoms with Gasteiger partial charge in [-0.05, 0) is 57.7 Å². The first kappa shape index (κ1) is 18.2. The van der Waals surface area contributed by atoms with Crippen LogP contribution < -0.4 is 0 Å². The van der Waals surface area contributed by atoms with Crippen LogP contribution in [0.25, 0.3) is 10.9 Å². The zero-order chi connectivity index (χ0) is 19.1. The van der Waals surface area contributed by atoms with E-state index in [0.717, 1.165) is 22.9 Å². The smallest absolute Gasteiger partial charge is 0.410 e. The molecular formula is C19H25N3O4. The van der Waals surface area contributed by atoms with Crippen LogP contribution in [0, 0.1) is 12.8 Å². The molecule has 1 fully saturated rings. The predicted molar refractivity (Wildman–Crippen MR) is 97.3 cm³/mol. The highest BCUT2D eigenvalue weighted by Gasteiger charge is 2.30. The number of aryl methyl sites for hydroxylation is 1. The minimum Gasteiger partial charge on any atom is -0.478 e. The molecule has 2 heterocycles. The van der Waals surface area contributed by atoms with Crippen molar-refractivity contribution in [2.45, 2.75) is 46.3 Å². The van der Waals surface area contributed by atoms with Crippen molar-refractivity contribution in [3.8, 4) is 0 Å². The Morgan fingerprint density at radius 2 is 2.08 bits per heavy atom. The summed E-state index contributed by atoms with van der Waals surface area (Å²) in [6, 6.07) is 3.33. The molecule has 0 aliphatic carbocycles. The Bertz CT molecular complexity index is 850. The van der Waals surface area contributed by atoms with Crippen LogP contribution in [0.1, 0.15) is 43.1 Å². The largest absolute Gasteiger partial charge is 0.478 e. The highest BCUT2D eigenvalue weighted by molar-refractivity contribution is 5.96. The average molecular weight is 359 g/mol. The Kier molecular flexibility index (Phi) is 4.64. The van der Waals surface area contributed by atoms with Crippen LogP contribution in [0.3, 0.4) is 0 Å². The normalized spacial score (nSPS) is 17.7. The molecule has 1 aromatic carbocycles. The van der Waals surface area contributed by atoms with Gasteiger partial charge in [0.25, 0.3) is 0 Å². The molecule has 0 unspecified atom stereocenters. The molecular weight excluding hydrogens is 334 g/mol. The van der Waals surface area contributed by atoms with Crippen molar-refractivity contribution in [3.05, 3.63) is 29.5 Å². The van der Waals surface area contributed by atoms with Gasteiger partial charge in [-0.2, -0.15) is 5.10 Å². The van der Waals surface area contributed by atoms with E-state index in [1.807, 2.05) is 31.6 Å². The van der Waals surface area contributed by atoms with Crippen molar-refractivity contribution in [3.63, 3.8) is 0 Å². The van der Waals surface area contributed by atoms with Crippen molar-refractivity contribution >= 4 is 23.0 Å². The Morgan fingerprint density at radius 1 is 1.35 bits per heavy atom. The number of amides is 1. The minimum absolute atomic E-state index is 0.271. The van der Waals surface area contributed by atoms with Gasteiger partial charge in [0.1, 0.15) is 5.60 Å². The molecule has 7 heteroatoms. The molecule has 0 bridgehead atoms. The van der Waals surface area contributed by atoms with Crippen molar-refractivity contribution in [2.75, 3.05) is 13.1 Å². The number of likely N-dealkylation sites (tertiary alicyclic amines) is 1. The highest BCUT2D eigenvalue weighted by Crippen LogP contribution is 2.24. The first-order chi connectivity index (χ1) is 12.1. The van der Waals surface area contributed by atoms with Crippen molar-refractivity contribution in [1.29, 1.82) is 0 Å². The van der Waals surface area contributed by atoms with Crippen LogP contribution in [0.2, 0.25) is 0 Å². The molecule has 7 nitrogen and oxygen atoms in total. The number of carbonyl (C=O) groups excluding carboxylic acids is 1. The first-order valence-electron chi connectivity index (χ1n) is 8.82. The number of carbonyl (C=O) groups is 2. The number of nitrogens with zero attached hydrogens (tertiary/aromatic N) is 3. The van der Waals surface area contributed by atoms with Gasteiger partial charge < -0.3 is 14.7 Å². The average Bonchev–Trinajstić information content (AvgIpc) is 3.13. The molecule has 2 aromatic rings. The van der Waals surface area contributed by atoms with Gasteiger partial charge in [0, 0.05) is 31.2 Å². The Balaban J connectivity index is 1.69. The van der Waals surface area contributed by atoms with Gasteiger partial charge in [0.2, 0.25) is 0 Å². The van der Waals surface area contributed by atoms with Crippen LogP contribution >= 0.6 is 0 Å². The quantitative estimate of drug-likeness (QED) is 0.909. The molecule has 1 aliphatic heterocycles. The zero-order valence-corrected chi connectivity index (χ0v) is 15.7. The molecule has 1 aliphatic rings. The van der Waals surface area contributed by atoms with E-state index < -0.39 is 11.6 Å². The Labute approximate surface area is 152 Å². The van der Waals surface area contributed by atoms with Crippen LogP contribution in [0.4, 0.5) is 4.79 Å². The standard InChI is InChI=1S/C19H25N3O4/c1-12-14(17(23)24)5-6-16-15(12)11-22(20-16)10-13-7-8-21(9-13)18(25)26-19(2,3)4/h5-6,11,13H,7-10H2,1-4H3,(H,23,24)/t13-/m1/s1. The van der Waals surface area contributed by atoms with Crippen molar-refractivity contribution < 1.29 is 19.4 Å². The molecule has 0 radical (unpaired) electrons. The number of benzene rings is 1. The van der Waals surface area contributed by atoms with Gasteiger partial charge >= 0.3 is 12.1 Å². The van der Waals surface area contributed by atoms with Gasteiger partial charge in [-0.1, -0.05) is 0 Å². The van der Waals surface area contributed by atoms with Crippen LogP contribution in [-0.2, 0) is 11.3 Å². The number of aromatic carboxylic acids is 1. The maximum absolute atomic E-state index is 12.2. The summed E-state index contributed by atoms with van der Waals surface area (Å²) in [5, 5.41) is 14.7. The summed E-state index contributed by atoms with van der Waals surface area (Å²) >= 11 is 0. The van der Waals surface area contributed by atoms with Crippen molar-refractivity contribution in [1.82, 2.24) is 14.7 Å². The summed E-state index contributed by atoms with van der Waals surface area (Å²) in [5.41, 5.74) is 1.32. The second-order valence-electron chi connectivity index (χ2n) is 7.91. The molecule has 1 atom stereocenters. The molecule has 140 valence electrons. The van der Waals surface area contributed by atoms with Gasteiger partial charge in [-0.25, -0.2) is 9.59 Å². The van der Waals surface area contributed by atoms with E-state index in [-0.39, 0.29) is 6.09 Å². The molecule has 0 saturated carbocycles. The van der Waals surface area contributed by atoms with Crippen molar-refractivity contribution in [2.24, 2.45) is 5.92 Å². The van der Waals surface area contributed by atoms with E-state index >= 15 is 0 Å². The predicted octanol–water partition coefficient (Wildman–Crippen LogP) is 3.30. The second-order valence-corrected chi connectivity index (χ2v) is 7.91. The zero-order valence-electron chi connectivity index (χ0n) is 15.7. The lowest BCUT2D eigenvalue weighted by Crippen LogP contribution is -2.35. The fourth-order valence-corrected chi connectivity index (χ4v) is 3.34. The number of hydrogen-bond donors (Lipinski definition) is 1. The molecule has 26 heavy (non-hydrogen) atoms. The third-order valence-corrected chi connectivity index (χ3v) is 4.62. The maximum atomic E-state index is 12.2. The van der Waals surface area contributed by atoms with Gasteiger partial charge in [-0.15, -0.1) is 0 Å². The number of carboxylic acid groups (broad SMARTS) is 1. The Morgan fingerprint density at radius 3 is 2.73 bits per heavy atom. The van der Waals surface area contributed by atoms with Crippen LogP contribution in [0.15, 0.2) is 18.3 Å². The first-order valence-corrected chi connectivity index (χ1v) is 8.82. The fourth-order valence-electron chi connectivity index (χ4n) is 3.34. The molecule has 1 N–H and O–H groups in total. The SMILES string of the molecule is Cc1c(C(=O)O)ccc2nn(C[C@@H]3CCN(C(=O)OC(C)(C)C)C3)cc12. The van der Waals surface area contributed by atoms with E-state index in [1.54, 1.807) is 24.0 Å². The number of fused-ring (bicyclic) bond motifs is 1. The van der Waals surface area contributed by atoms with Gasteiger partial charge in [0.05, 0.1) is 11.1 Å². The van der Waals surface area contributed by atoms with E-state index in [1.165, 1.54) is 0 Å². The summed E-state index contributed by atoms with van der Waals surface area (Å²) in [6.45, 7) is 9.41. The molecule has 1 saturated heterocycles. The summed E-state index contributed by atoms with van der Waals surface area (Å²) in [6.07, 6.45) is 2.52. The Hall–Kier alpha value is -2.57. The number of aromatic nitrogens is 2. The summed E-state index contributed by atoms with van der Waals surface area (Å²) in [7, 11) is 0. The third kappa shape index (κ3) is 3.81. The minimum atomic E-state index is -0.930. The van der Waals surface area contributed by atoms with E-state index in [9.17, 15) is 14.7 Å². The summed E-state index contributed by atoms with van der Waals surface area (Å²) in [4.78, 5) is 25.2. The lowest BCUT2D eigenvalue weighted by Gasteiger charge is -2.24. The van der Waals surface area contributed by atoms with E-state index in [0.29, 0.717) is 31.1 Å². The molecule has 3 rings (SSSR count). The van der Waals surface area contributed by atoms with Crippen LogP contribution in [0.5, 0.6) is 0 Å². The summed E-state index contributed by atoms with van der Waals surface area (Å²) in [5.74, 6) is -0.628. The monoisotopic (exact) mass is 359 g/mol. The second kappa shape index (κ2) is 6.63. The van der Waals surface area contributed by atoms with Gasteiger partial charge in [-0.3, -0.25) is 4.68 Å². The lowest BCUT2D eigenvalue weighted by atomic mass is 10.1. The highest BCUT2D eigenvalue weighted by atomic mass is 16.6. The lowest BCUT2D eigenvalue weighted by molar-refractivity contribution is 0.0286. The van der Waals surface area contributed by atoms with E-state index in [2.05, 4.69) is 5.10 Å². The van der Waals surface area contributed by atoms with E-state index in [4.69, 9.17) is 4.74 Å². The molecule has 1 amide bonds. The van der Waals surface area contributed by atoms with Crippen LogP contribution in [-0.4, -0.2) is 50.5 Å². The third-order valence-electron chi connectivity index (χ3n) is 4.62. The number of ether oxygens (including phenoxy) is 1. The molecule has 0 spiro atoms. The fraction of sp³-hybridized carbons (Fsp3) is 0.526.